The molecule has 0 fully saturated rings. The second-order valence-corrected chi connectivity index (χ2v) is 6.79. The van der Waals surface area contributed by atoms with Crippen LogP contribution in [0.3, 0.4) is 0 Å². The molecule has 0 aromatic heterocycles. The van der Waals surface area contributed by atoms with Gasteiger partial charge in [0.15, 0.2) is 0 Å². The molecule has 0 atom stereocenters. The third-order valence-electron chi connectivity index (χ3n) is 4.11. The van der Waals surface area contributed by atoms with Crippen molar-refractivity contribution in [3.63, 3.8) is 0 Å². The highest BCUT2D eigenvalue weighted by Gasteiger charge is 2.12. The van der Waals surface area contributed by atoms with Gasteiger partial charge in [0.1, 0.15) is 5.75 Å². The summed E-state index contributed by atoms with van der Waals surface area (Å²) in [6, 6.07) is 10.2. The monoisotopic (exact) mass is 403 g/mol. The van der Waals surface area contributed by atoms with Gasteiger partial charge >= 0.3 is 0 Å². The Balaban J connectivity index is 1.82. The summed E-state index contributed by atoms with van der Waals surface area (Å²) in [7, 11) is 0. The Labute approximate surface area is 168 Å². The van der Waals surface area contributed by atoms with Crippen molar-refractivity contribution in [2.45, 2.75) is 33.6 Å². The molecule has 2 rings (SSSR count). The van der Waals surface area contributed by atoms with Crippen LogP contribution in [0.15, 0.2) is 41.5 Å². The number of nitro groups is 1. The van der Waals surface area contributed by atoms with Crippen LogP contribution >= 0.6 is 11.6 Å². The molecule has 0 saturated heterocycles. The summed E-state index contributed by atoms with van der Waals surface area (Å²) in [6.07, 6.45) is 0.774. The second kappa shape index (κ2) is 9.85. The third kappa shape index (κ3) is 6.06. The lowest BCUT2D eigenvalue weighted by Gasteiger charge is -2.09. The van der Waals surface area contributed by atoms with Gasteiger partial charge < -0.3 is 4.74 Å². The van der Waals surface area contributed by atoms with Crippen molar-refractivity contribution < 1.29 is 14.5 Å². The molecule has 7 nitrogen and oxygen atoms in total. The number of nitrogens with one attached hydrogen (secondary N) is 1. The van der Waals surface area contributed by atoms with Gasteiger partial charge in [0.05, 0.1) is 17.2 Å². The molecule has 148 valence electrons. The van der Waals surface area contributed by atoms with E-state index in [1.807, 2.05) is 13.0 Å². The highest BCUT2D eigenvalue weighted by Crippen LogP contribution is 2.22. The molecule has 2 aromatic carbocycles. The Kier molecular flexibility index (Phi) is 7.52. The van der Waals surface area contributed by atoms with E-state index in [9.17, 15) is 14.9 Å². The maximum absolute atomic E-state index is 11.9. The first-order chi connectivity index (χ1) is 13.3. The van der Waals surface area contributed by atoms with Gasteiger partial charge in [0, 0.05) is 28.6 Å². The largest absolute Gasteiger partial charge is 0.493 e. The Hall–Kier alpha value is -2.93. The SMILES string of the molecule is C/C(=N/NC(=O)CCCOc1ccc(Cl)cc1C)c1ccc(C)c([N+](=O)[O-])c1. The number of aryl methyl sites for hydroxylation is 2. The molecule has 28 heavy (non-hydrogen) atoms. The van der Waals surface area contributed by atoms with Crippen molar-refractivity contribution in [2.75, 3.05) is 6.61 Å². The Bertz CT molecular complexity index is 912. The third-order valence-corrected chi connectivity index (χ3v) is 4.35. The molecule has 0 aliphatic rings. The van der Waals surface area contributed by atoms with E-state index in [4.69, 9.17) is 16.3 Å². The van der Waals surface area contributed by atoms with E-state index >= 15 is 0 Å². The number of ether oxygens (including phenoxy) is 1. The van der Waals surface area contributed by atoms with Crippen molar-refractivity contribution in [1.29, 1.82) is 0 Å². The average molecular weight is 404 g/mol. The molecular formula is C20H22ClN3O4. The van der Waals surface area contributed by atoms with Crippen LogP contribution in [0.25, 0.3) is 0 Å². The maximum Gasteiger partial charge on any atom is 0.272 e. The first-order valence-corrected chi connectivity index (χ1v) is 9.13. The zero-order chi connectivity index (χ0) is 20.7. The van der Waals surface area contributed by atoms with Gasteiger partial charge in [-0.25, -0.2) is 5.43 Å². The van der Waals surface area contributed by atoms with E-state index in [2.05, 4.69) is 10.5 Å². The van der Waals surface area contributed by atoms with E-state index in [0.29, 0.717) is 34.9 Å². The number of amides is 1. The van der Waals surface area contributed by atoms with Crippen LogP contribution in [0.4, 0.5) is 5.69 Å². The van der Waals surface area contributed by atoms with Crippen molar-refractivity contribution in [3.05, 3.63) is 68.2 Å². The summed E-state index contributed by atoms with van der Waals surface area (Å²) in [6.45, 7) is 5.65. The molecule has 1 N–H and O–H groups in total. The summed E-state index contributed by atoms with van der Waals surface area (Å²) in [4.78, 5) is 22.5. The van der Waals surface area contributed by atoms with Gasteiger partial charge in [0.25, 0.3) is 5.69 Å². The van der Waals surface area contributed by atoms with Crippen molar-refractivity contribution in [3.8, 4) is 5.75 Å². The lowest BCUT2D eigenvalue weighted by atomic mass is 10.1. The van der Waals surface area contributed by atoms with Crippen LogP contribution in [0.5, 0.6) is 5.75 Å². The topological polar surface area (TPSA) is 93.8 Å². The number of rotatable bonds is 8. The van der Waals surface area contributed by atoms with Gasteiger partial charge in [-0.15, -0.1) is 0 Å². The summed E-state index contributed by atoms with van der Waals surface area (Å²) in [5.74, 6) is 0.483. The van der Waals surface area contributed by atoms with Crippen LogP contribution in [-0.4, -0.2) is 23.1 Å². The minimum absolute atomic E-state index is 0.0213. The standard InChI is InChI=1S/C20H22ClN3O4/c1-13-6-7-16(12-18(13)24(26)27)15(3)22-23-20(25)5-4-10-28-19-9-8-17(21)11-14(19)2/h6-9,11-12H,4-5,10H2,1-3H3,(H,23,25)/b22-15-. The normalized spacial score (nSPS) is 11.2. The number of carbonyl (C=O) groups excluding carboxylic acids is 1. The van der Waals surface area contributed by atoms with Crippen LogP contribution in [0, 0.1) is 24.0 Å². The van der Waals surface area contributed by atoms with Gasteiger partial charge in [0.2, 0.25) is 5.91 Å². The number of halogens is 1. The zero-order valence-corrected chi connectivity index (χ0v) is 16.7. The molecule has 0 heterocycles. The van der Waals surface area contributed by atoms with E-state index in [0.717, 1.165) is 11.3 Å². The Morgan fingerprint density at radius 3 is 2.64 bits per heavy atom. The molecule has 0 spiro atoms. The van der Waals surface area contributed by atoms with Gasteiger partial charge in [-0.3, -0.25) is 14.9 Å². The fraction of sp³-hybridized carbons (Fsp3) is 0.300. The molecule has 2 aromatic rings. The Morgan fingerprint density at radius 1 is 1.21 bits per heavy atom. The number of hydrogen-bond acceptors (Lipinski definition) is 5. The van der Waals surface area contributed by atoms with Crippen LogP contribution in [0.1, 0.15) is 36.5 Å². The van der Waals surface area contributed by atoms with Crippen LogP contribution in [-0.2, 0) is 4.79 Å². The number of nitro benzene ring substituents is 1. The molecule has 0 aliphatic heterocycles. The first kappa shape index (κ1) is 21.4. The van der Waals surface area contributed by atoms with E-state index in [-0.39, 0.29) is 18.0 Å². The molecular weight excluding hydrogens is 382 g/mol. The number of hydrazone groups is 1. The smallest absolute Gasteiger partial charge is 0.272 e. The van der Waals surface area contributed by atoms with E-state index in [1.165, 1.54) is 6.07 Å². The predicted octanol–water partition coefficient (Wildman–Crippen LogP) is 4.56. The molecule has 0 saturated carbocycles. The Morgan fingerprint density at radius 2 is 1.96 bits per heavy atom. The fourth-order valence-corrected chi connectivity index (χ4v) is 2.71. The fourth-order valence-electron chi connectivity index (χ4n) is 2.49. The second-order valence-electron chi connectivity index (χ2n) is 6.35. The van der Waals surface area contributed by atoms with Gasteiger partial charge in [-0.05, 0) is 51.0 Å². The van der Waals surface area contributed by atoms with Crippen molar-refractivity contribution in [1.82, 2.24) is 5.43 Å². The minimum atomic E-state index is -0.437. The highest BCUT2D eigenvalue weighted by atomic mass is 35.5. The lowest BCUT2D eigenvalue weighted by Crippen LogP contribution is -2.19. The average Bonchev–Trinajstić information content (AvgIpc) is 2.64. The number of hydrogen-bond donors (Lipinski definition) is 1. The highest BCUT2D eigenvalue weighted by molar-refractivity contribution is 6.30. The van der Waals surface area contributed by atoms with Gasteiger partial charge in [-0.2, -0.15) is 5.10 Å². The van der Waals surface area contributed by atoms with Crippen LogP contribution < -0.4 is 10.2 Å². The summed E-state index contributed by atoms with van der Waals surface area (Å²) < 4.78 is 5.65. The quantitative estimate of drug-likeness (QED) is 0.302. The number of benzene rings is 2. The maximum atomic E-state index is 11.9. The molecule has 0 aliphatic carbocycles. The van der Waals surface area contributed by atoms with Crippen molar-refractivity contribution >= 4 is 28.9 Å². The molecule has 0 unspecified atom stereocenters. The van der Waals surface area contributed by atoms with Crippen LogP contribution in [0.2, 0.25) is 5.02 Å². The molecule has 1 amide bonds. The van der Waals surface area contributed by atoms with E-state index in [1.54, 1.807) is 38.1 Å². The first-order valence-electron chi connectivity index (χ1n) is 8.75. The summed E-state index contributed by atoms with van der Waals surface area (Å²) >= 11 is 5.90. The predicted molar refractivity (Wildman–Crippen MR) is 109 cm³/mol. The summed E-state index contributed by atoms with van der Waals surface area (Å²) in [5.41, 5.74) is 5.07. The zero-order valence-electron chi connectivity index (χ0n) is 16.0. The molecule has 0 bridgehead atoms. The van der Waals surface area contributed by atoms with Crippen molar-refractivity contribution in [2.24, 2.45) is 5.10 Å². The number of carbonyl (C=O) groups is 1. The molecule has 8 heteroatoms. The summed E-state index contributed by atoms with van der Waals surface area (Å²) in [5, 5.41) is 15.7. The van der Waals surface area contributed by atoms with E-state index < -0.39 is 4.92 Å². The van der Waals surface area contributed by atoms with Gasteiger partial charge in [-0.1, -0.05) is 23.7 Å². The lowest BCUT2D eigenvalue weighted by molar-refractivity contribution is -0.385. The minimum Gasteiger partial charge on any atom is -0.493 e. The molecule has 0 radical (unpaired) electrons. The number of nitrogens with zero attached hydrogens (tertiary/aromatic N) is 2.